The molecule has 1 fully saturated rings. The second-order valence-corrected chi connectivity index (χ2v) is 4.75. The zero-order valence-electron chi connectivity index (χ0n) is 9.89. The molecule has 6 nitrogen and oxygen atoms in total. The molecule has 2 rings (SSSR count). The van der Waals surface area contributed by atoms with E-state index in [0.29, 0.717) is 18.7 Å². The van der Waals surface area contributed by atoms with Crippen LogP contribution in [0.5, 0.6) is 0 Å². The molecule has 1 aliphatic rings. The van der Waals surface area contributed by atoms with E-state index >= 15 is 0 Å². The minimum atomic E-state index is -1.16. The highest BCUT2D eigenvalue weighted by molar-refractivity contribution is 6.33. The van der Waals surface area contributed by atoms with Crippen LogP contribution in [0, 0.1) is 0 Å². The summed E-state index contributed by atoms with van der Waals surface area (Å²) in [4.78, 5) is 22.8. The zero-order valence-corrected chi connectivity index (χ0v) is 10.6. The molecular formula is C12H13ClN2O4. The number of carboxylic acid groups (broad SMARTS) is 1. The summed E-state index contributed by atoms with van der Waals surface area (Å²) in [5.74, 6) is -1.47. The van der Waals surface area contributed by atoms with Crippen LogP contribution in [0.4, 0.5) is 5.69 Å². The number of halogens is 1. The standard InChI is InChI=1S/C12H13ClN2O4/c13-9-2-1-6(3-8(9)12(18)19)15-11(17)10-4-7(16)5-14-10/h1-3,7,10,14,16H,4-5H2,(H,15,17)(H,18,19). The Kier molecular flexibility index (Phi) is 4.04. The summed E-state index contributed by atoms with van der Waals surface area (Å²) >= 11 is 5.74. The van der Waals surface area contributed by atoms with Gasteiger partial charge in [0.2, 0.25) is 5.91 Å². The molecule has 0 saturated carbocycles. The van der Waals surface area contributed by atoms with Crippen molar-refractivity contribution in [2.75, 3.05) is 11.9 Å². The van der Waals surface area contributed by atoms with Gasteiger partial charge < -0.3 is 20.8 Å². The van der Waals surface area contributed by atoms with Gasteiger partial charge in [-0.15, -0.1) is 0 Å². The number of hydrogen-bond acceptors (Lipinski definition) is 4. The van der Waals surface area contributed by atoms with Gasteiger partial charge in [0.25, 0.3) is 0 Å². The maximum atomic E-state index is 11.9. The number of aliphatic hydroxyl groups is 1. The normalized spacial score (nSPS) is 22.2. The average Bonchev–Trinajstić information content (AvgIpc) is 2.78. The molecule has 1 aromatic carbocycles. The average molecular weight is 285 g/mol. The van der Waals surface area contributed by atoms with Gasteiger partial charge in [0, 0.05) is 12.2 Å². The number of carboxylic acids is 1. The fraction of sp³-hybridized carbons (Fsp3) is 0.333. The number of nitrogens with one attached hydrogen (secondary N) is 2. The van der Waals surface area contributed by atoms with Gasteiger partial charge in [-0.05, 0) is 24.6 Å². The van der Waals surface area contributed by atoms with Crippen LogP contribution in [-0.4, -0.2) is 40.8 Å². The van der Waals surface area contributed by atoms with E-state index in [1.807, 2.05) is 0 Å². The van der Waals surface area contributed by atoms with Crippen molar-refractivity contribution in [3.63, 3.8) is 0 Å². The topological polar surface area (TPSA) is 98.7 Å². The van der Waals surface area contributed by atoms with Crippen molar-refractivity contribution in [3.8, 4) is 0 Å². The highest BCUT2D eigenvalue weighted by Crippen LogP contribution is 2.21. The summed E-state index contributed by atoms with van der Waals surface area (Å²) in [5, 5.41) is 23.8. The summed E-state index contributed by atoms with van der Waals surface area (Å²) in [6, 6.07) is 3.77. The number of rotatable bonds is 3. The molecule has 0 aliphatic carbocycles. The molecule has 1 aliphatic heterocycles. The highest BCUT2D eigenvalue weighted by atomic mass is 35.5. The van der Waals surface area contributed by atoms with Gasteiger partial charge in [0.05, 0.1) is 22.7 Å². The monoisotopic (exact) mass is 284 g/mol. The first-order chi connectivity index (χ1) is 8.97. The molecule has 1 saturated heterocycles. The molecule has 0 aromatic heterocycles. The van der Waals surface area contributed by atoms with Gasteiger partial charge >= 0.3 is 5.97 Å². The van der Waals surface area contributed by atoms with Gasteiger partial charge in [0.1, 0.15) is 0 Å². The van der Waals surface area contributed by atoms with Crippen LogP contribution in [0.25, 0.3) is 0 Å². The van der Waals surface area contributed by atoms with Gasteiger partial charge in [0.15, 0.2) is 0 Å². The first-order valence-electron chi connectivity index (χ1n) is 5.72. The number of hydrogen-bond donors (Lipinski definition) is 4. The van der Waals surface area contributed by atoms with Crippen molar-refractivity contribution in [1.29, 1.82) is 0 Å². The molecule has 19 heavy (non-hydrogen) atoms. The predicted molar refractivity (Wildman–Crippen MR) is 69.5 cm³/mol. The lowest BCUT2D eigenvalue weighted by Crippen LogP contribution is -2.35. The minimum absolute atomic E-state index is 0.0705. The van der Waals surface area contributed by atoms with Gasteiger partial charge in [-0.2, -0.15) is 0 Å². The molecule has 2 unspecified atom stereocenters. The van der Waals surface area contributed by atoms with Crippen LogP contribution in [0.15, 0.2) is 18.2 Å². The van der Waals surface area contributed by atoms with E-state index in [-0.39, 0.29) is 16.5 Å². The lowest BCUT2D eigenvalue weighted by Gasteiger charge is -2.11. The van der Waals surface area contributed by atoms with Crippen LogP contribution in [-0.2, 0) is 4.79 Å². The Morgan fingerprint density at radius 2 is 2.16 bits per heavy atom. The van der Waals surface area contributed by atoms with Crippen LogP contribution < -0.4 is 10.6 Å². The van der Waals surface area contributed by atoms with Crippen molar-refractivity contribution in [1.82, 2.24) is 5.32 Å². The third-order valence-corrected chi connectivity index (χ3v) is 3.22. The molecule has 1 aromatic rings. The van der Waals surface area contributed by atoms with E-state index < -0.39 is 18.1 Å². The van der Waals surface area contributed by atoms with Crippen molar-refractivity contribution in [3.05, 3.63) is 28.8 Å². The maximum absolute atomic E-state index is 11.9. The second-order valence-electron chi connectivity index (χ2n) is 4.34. The fourth-order valence-corrected chi connectivity index (χ4v) is 2.11. The van der Waals surface area contributed by atoms with Crippen LogP contribution in [0.1, 0.15) is 16.8 Å². The Bertz CT molecular complexity index is 520. The SMILES string of the molecule is O=C(O)c1cc(NC(=O)C2CC(O)CN2)ccc1Cl. The van der Waals surface area contributed by atoms with Gasteiger partial charge in [-0.1, -0.05) is 11.6 Å². The summed E-state index contributed by atoms with van der Waals surface area (Å²) < 4.78 is 0. The quantitative estimate of drug-likeness (QED) is 0.655. The van der Waals surface area contributed by atoms with Crippen molar-refractivity contribution >= 4 is 29.2 Å². The molecule has 4 N–H and O–H groups in total. The van der Waals surface area contributed by atoms with Crippen LogP contribution in [0.3, 0.4) is 0 Å². The Morgan fingerprint density at radius 3 is 2.74 bits per heavy atom. The highest BCUT2D eigenvalue weighted by Gasteiger charge is 2.28. The second kappa shape index (κ2) is 5.56. The molecular weight excluding hydrogens is 272 g/mol. The van der Waals surface area contributed by atoms with E-state index in [1.54, 1.807) is 0 Å². The first-order valence-corrected chi connectivity index (χ1v) is 6.10. The third kappa shape index (κ3) is 3.23. The van der Waals surface area contributed by atoms with E-state index in [0.717, 1.165) is 0 Å². The van der Waals surface area contributed by atoms with E-state index in [9.17, 15) is 14.7 Å². The molecule has 0 spiro atoms. The van der Waals surface area contributed by atoms with Crippen molar-refractivity contribution in [2.24, 2.45) is 0 Å². The van der Waals surface area contributed by atoms with Crippen LogP contribution >= 0.6 is 11.6 Å². The minimum Gasteiger partial charge on any atom is -0.478 e. The summed E-state index contributed by atoms with van der Waals surface area (Å²) in [5.41, 5.74) is 0.286. The molecule has 1 amide bonds. The number of benzene rings is 1. The first kappa shape index (κ1) is 13.8. The maximum Gasteiger partial charge on any atom is 0.337 e. The van der Waals surface area contributed by atoms with Crippen molar-refractivity contribution in [2.45, 2.75) is 18.6 Å². The largest absolute Gasteiger partial charge is 0.478 e. The number of amides is 1. The van der Waals surface area contributed by atoms with Gasteiger partial charge in [-0.3, -0.25) is 4.79 Å². The number of carbonyl (C=O) groups is 2. The molecule has 0 radical (unpaired) electrons. The Hall–Kier alpha value is -1.63. The van der Waals surface area contributed by atoms with E-state index in [1.165, 1.54) is 18.2 Å². The number of aromatic carboxylic acids is 1. The molecule has 1 heterocycles. The number of β-amino-alcohol motifs (C(OH)–C–C–N with tert-alkyl or cyclic N) is 1. The molecule has 0 bridgehead atoms. The summed E-state index contributed by atoms with van der Waals surface area (Å²) in [7, 11) is 0. The predicted octanol–water partition coefficient (Wildman–Crippen LogP) is 0.699. The van der Waals surface area contributed by atoms with Crippen molar-refractivity contribution < 1.29 is 19.8 Å². The Morgan fingerprint density at radius 1 is 1.42 bits per heavy atom. The number of aliphatic hydroxyl groups excluding tert-OH is 1. The summed E-state index contributed by atoms with van der Waals surface area (Å²) in [6.45, 7) is 0.374. The lowest BCUT2D eigenvalue weighted by atomic mass is 10.1. The smallest absolute Gasteiger partial charge is 0.337 e. The van der Waals surface area contributed by atoms with Gasteiger partial charge in [-0.25, -0.2) is 4.79 Å². The molecule has 2 atom stereocenters. The fourth-order valence-electron chi connectivity index (χ4n) is 1.91. The van der Waals surface area contributed by atoms with E-state index in [4.69, 9.17) is 16.7 Å². The summed E-state index contributed by atoms with van der Waals surface area (Å²) in [6.07, 6.45) is -0.193. The number of anilines is 1. The third-order valence-electron chi connectivity index (χ3n) is 2.89. The van der Waals surface area contributed by atoms with E-state index in [2.05, 4.69) is 10.6 Å². The lowest BCUT2D eigenvalue weighted by molar-refractivity contribution is -0.117. The Labute approximate surface area is 114 Å². The Balaban J connectivity index is 2.09. The zero-order chi connectivity index (χ0) is 14.0. The van der Waals surface area contributed by atoms with Crippen LogP contribution in [0.2, 0.25) is 5.02 Å². The molecule has 7 heteroatoms. The number of carbonyl (C=O) groups excluding carboxylic acids is 1. The molecule has 102 valence electrons.